The van der Waals surface area contributed by atoms with E-state index < -0.39 is 11.9 Å². The maximum Gasteiger partial charge on any atom is 0.435 e. The highest BCUT2D eigenvalue weighted by Gasteiger charge is 2.37. The molecule has 0 unspecified atom stereocenters. The Morgan fingerprint density at radius 3 is 2.67 bits per heavy atom. The number of hydrogen-bond acceptors (Lipinski definition) is 2. The SMILES string of the molecule is Nc1cnn(Cc2cccc(Cl)c2)c1C(F)(F)F. The summed E-state index contributed by atoms with van der Waals surface area (Å²) in [4.78, 5) is 0. The Hall–Kier alpha value is -1.69. The molecular formula is C11H9ClF3N3. The first kappa shape index (κ1) is 12.8. The molecule has 96 valence electrons. The molecule has 0 fully saturated rings. The van der Waals surface area contributed by atoms with Crippen LogP contribution in [0.4, 0.5) is 18.9 Å². The third-order valence-corrected chi connectivity index (χ3v) is 2.59. The summed E-state index contributed by atoms with van der Waals surface area (Å²) in [6.45, 7) is -0.0351. The lowest BCUT2D eigenvalue weighted by Gasteiger charge is -2.11. The lowest BCUT2D eigenvalue weighted by molar-refractivity contribution is -0.143. The monoisotopic (exact) mass is 275 g/mol. The summed E-state index contributed by atoms with van der Waals surface area (Å²) in [6.07, 6.45) is -3.54. The minimum absolute atomic E-state index is 0.0351. The summed E-state index contributed by atoms with van der Waals surface area (Å²) in [7, 11) is 0. The van der Waals surface area contributed by atoms with Gasteiger partial charge in [0.05, 0.1) is 18.4 Å². The number of rotatable bonds is 2. The molecule has 0 saturated heterocycles. The van der Waals surface area contributed by atoms with Crippen molar-refractivity contribution in [2.24, 2.45) is 0 Å². The molecule has 2 rings (SSSR count). The van der Waals surface area contributed by atoms with Gasteiger partial charge in [0.2, 0.25) is 0 Å². The van der Waals surface area contributed by atoms with E-state index in [0.717, 1.165) is 10.9 Å². The van der Waals surface area contributed by atoms with Gasteiger partial charge in [-0.25, -0.2) is 0 Å². The van der Waals surface area contributed by atoms with E-state index in [0.29, 0.717) is 10.6 Å². The predicted molar refractivity (Wildman–Crippen MR) is 62.2 cm³/mol. The van der Waals surface area contributed by atoms with Crippen molar-refractivity contribution < 1.29 is 13.2 Å². The number of anilines is 1. The second-order valence-electron chi connectivity index (χ2n) is 3.73. The van der Waals surface area contributed by atoms with Crippen LogP contribution in [-0.4, -0.2) is 9.78 Å². The highest BCUT2D eigenvalue weighted by molar-refractivity contribution is 6.30. The molecule has 3 nitrogen and oxygen atoms in total. The number of nitrogens with two attached hydrogens (primary N) is 1. The van der Waals surface area contributed by atoms with Gasteiger partial charge >= 0.3 is 6.18 Å². The van der Waals surface area contributed by atoms with Gasteiger partial charge in [-0.15, -0.1) is 0 Å². The van der Waals surface area contributed by atoms with E-state index in [-0.39, 0.29) is 12.2 Å². The fraction of sp³-hybridized carbons (Fsp3) is 0.182. The molecule has 1 aromatic heterocycles. The number of halogens is 4. The van der Waals surface area contributed by atoms with Crippen molar-refractivity contribution in [1.82, 2.24) is 9.78 Å². The standard InChI is InChI=1S/C11H9ClF3N3/c12-8-3-1-2-7(4-8)6-18-10(11(13,14)15)9(16)5-17-18/h1-5H,6,16H2. The Bertz CT molecular complexity index is 563. The van der Waals surface area contributed by atoms with E-state index in [1.807, 2.05) is 0 Å². The van der Waals surface area contributed by atoms with Crippen molar-refractivity contribution in [3.8, 4) is 0 Å². The van der Waals surface area contributed by atoms with E-state index in [2.05, 4.69) is 5.10 Å². The maximum absolute atomic E-state index is 12.8. The van der Waals surface area contributed by atoms with E-state index in [9.17, 15) is 13.2 Å². The zero-order valence-electron chi connectivity index (χ0n) is 9.08. The van der Waals surface area contributed by atoms with Crippen LogP contribution in [0.25, 0.3) is 0 Å². The van der Waals surface area contributed by atoms with E-state index in [1.165, 1.54) is 0 Å². The minimum atomic E-state index is -4.53. The molecule has 0 aliphatic rings. The molecule has 1 aromatic carbocycles. The average Bonchev–Trinajstić information content (AvgIpc) is 2.59. The minimum Gasteiger partial charge on any atom is -0.396 e. The highest BCUT2D eigenvalue weighted by atomic mass is 35.5. The van der Waals surface area contributed by atoms with Gasteiger partial charge in [-0.3, -0.25) is 4.68 Å². The molecule has 0 bridgehead atoms. The number of alkyl halides is 3. The summed E-state index contributed by atoms with van der Waals surface area (Å²) in [6, 6.07) is 6.56. The van der Waals surface area contributed by atoms with Gasteiger partial charge in [0, 0.05) is 5.02 Å². The van der Waals surface area contributed by atoms with Crippen LogP contribution in [0.2, 0.25) is 5.02 Å². The Labute approximate surface area is 106 Å². The summed E-state index contributed by atoms with van der Waals surface area (Å²) >= 11 is 5.77. The molecule has 2 aromatic rings. The Morgan fingerprint density at radius 2 is 2.06 bits per heavy atom. The Balaban J connectivity index is 2.36. The fourth-order valence-corrected chi connectivity index (χ4v) is 1.85. The lowest BCUT2D eigenvalue weighted by atomic mass is 10.2. The van der Waals surface area contributed by atoms with Gasteiger partial charge in [0.1, 0.15) is 0 Å². The van der Waals surface area contributed by atoms with Crippen molar-refractivity contribution in [2.45, 2.75) is 12.7 Å². The van der Waals surface area contributed by atoms with Crippen LogP contribution >= 0.6 is 11.6 Å². The Morgan fingerprint density at radius 1 is 1.33 bits per heavy atom. The highest BCUT2D eigenvalue weighted by Crippen LogP contribution is 2.33. The number of aromatic nitrogens is 2. The van der Waals surface area contributed by atoms with Crippen LogP contribution < -0.4 is 5.73 Å². The molecule has 1 heterocycles. The molecule has 0 radical (unpaired) electrons. The quantitative estimate of drug-likeness (QED) is 0.915. The van der Waals surface area contributed by atoms with E-state index in [4.69, 9.17) is 17.3 Å². The Kier molecular flexibility index (Phi) is 3.21. The van der Waals surface area contributed by atoms with Crippen LogP contribution in [0.5, 0.6) is 0 Å². The number of nitrogen functional groups attached to an aromatic ring is 1. The van der Waals surface area contributed by atoms with E-state index in [1.54, 1.807) is 24.3 Å². The predicted octanol–water partition coefficient (Wildman–Crippen LogP) is 3.19. The molecule has 7 heteroatoms. The number of benzene rings is 1. The van der Waals surface area contributed by atoms with Gasteiger partial charge in [-0.2, -0.15) is 18.3 Å². The van der Waals surface area contributed by atoms with Crippen molar-refractivity contribution in [3.63, 3.8) is 0 Å². The normalized spacial score (nSPS) is 11.8. The number of nitrogens with zero attached hydrogens (tertiary/aromatic N) is 2. The van der Waals surface area contributed by atoms with Crippen molar-refractivity contribution >= 4 is 17.3 Å². The molecule has 0 aliphatic carbocycles. The van der Waals surface area contributed by atoms with Crippen molar-refractivity contribution in [1.29, 1.82) is 0 Å². The fourth-order valence-electron chi connectivity index (χ4n) is 1.64. The van der Waals surface area contributed by atoms with Crippen molar-refractivity contribution in [2.75, 3.05) is 5.73 Å². The third kappa shape index (κ3) is 2.59. The smallest absolute Gasteiger partial charge is 0.396 e. The largest absolute Gasteiger partial charge is 0.435 e. The van der Waals surface area contributed by atoms with Gasteiger partial charge in [-0.1, -0.05) is 23.7 Å². The zero-order chi connectivity index (χ0) is 13.3. The van der Waals surface area contributed by atoms with Crippen LogP contribution in [0.15, 0.2) is 30.5 Å². The molecule has 0 atom stereocenters. The average molecular weight is 276 g/mol. The molecule has 0 saturated carbocycles. The van der Waals surface area contributed by atoms with E-state index >= 15 is 0 Å². The zero-order valence-corrected chi connectivity index (χ0v) is 9.83. The maximum atomic E-state index is 12.8. The molecule has 0 aliphatic heterocycles. The summed E-state index contributed by atoms with van der Waals surface area (Å²) < 4.78 is 39.1. The summed E-state index contributed by atoms with van der Waals surface area (Å²) in [5, 5.41) is 4.10. The summed E-state index contributed by atoms with van der Waals surface area (Å²) in [5.74, 6) is 0. The van der Waals surface area contributed by atoms with Gasteiger partial charge < -0.3 is 5.73 Å². The van der Waals surface area contributed by atoms with Gasteiger partial charge in [-0.05, 0) is 17.7 Å². The molecule has 0 spiro atoms. The van der Waals surface area contributed by atoms with Crippen molar-refractivity contribution in [3.05, 3.63) is 46.7 Å². The first-order valence-corrected chi connectivity index (χ1v) is 5.38. The van der Waals surface area contributed by atoms with Crippen LogP contribution in [0, 0.1) is 0 Å². The molecule has 2 N–H and O–H groups in total. The van der Waals surface area contributed by atoms with Crippen LogP contribution in [0.3, 0.4) is 0 Å². The van der Waals surface area contributed by atoms with Gasteiger partial charge in [0.15, 0.2) is 5.69 Å². The van der Waals surface area contributed by atoms with Gasteiger partial charge in [0.25, 0.3) is 0 Å². The molecule has 0 amide bonds. The first-order valence-electron chi connectivity index (χ1n) is 5.01. The van der Waals surface area contributed by atoms with Crippen LogP contribution in [0.1, 0.15) is 11.3 Å². The molecule has 18 heavy (non-hydrogen) atoms. The first-order chi connectivity index (χ1) is 8.38. The molecular weight excluding hydrogens is 267 g/mol. The lowest BCUT2D eigenvalue weighted by Crippen LogP contribution is -2.16. The second kappa shape index (κ2) is 4.53. The van der Waals surface area contributed by atoms with Crippen LogP contribution in [-0.2, 0) is 12.7 Å². The summed E-state index contributed by atoms with van der Waals surface area (Å²) in [5.41, 5.74) is 4.58. The topological polar surface area (TPSA) is 43.8 Å². The second-order valence-corrected chi connectivity index (χ2v) is 4.17. The third-order valence-electron chi connectivity index (χ3n) is 2.36. The number of hydrogen-bond donors (Lipinski definition) is 1.